The molecule has 154 valence electrons. The van der Waals surface area contributed by atoms with Crippen LogP contribution in [0.2, 0.25) is 0 Å². The molecule has 1 aromatic heterocycles. The molecule has 2 heterocycles. The second-order valence-electron chi connectivity index (χ2n) is 6.64. The maximum absolute atomic E-state index is 13.5. The number of rotatable bonds is 5. The Balaban J connectivity index is 1.82. The molecule has 30 heavy (non-hydrogen) atoms. The van der Waals surface area contributed by atoms with Gasteiger partial charge in [-0.25, -0.2) is 4.68 Å². The Labute approximate surface area is 182 Å². The largest absolute Gasteiger partial charge is 0.496 e. The number of hydrogen-bond acceptors (Lipinski definition) is 6. The molecule has 0 unspecified atom stereocenters. The van der Waals surface area contributed by atoms with Crippen molar-refractivity contribution in [3.05, 3.63) is 70.1 Å². The highest BCUT2D eigenvalue weighted by Gasteiger charge is 2.35. The van der Waals surface area contributed by atoms with Crippen LogP contribution in [0.5, 0.6) is 11.5 Å². The van der Waals surface area contributed by atoms with E-state index in [0.717, 1.165) is 10.0 Å². The predicted octanol–water partition coefficient (Wildman–Crippen LogP) is 3.99. The van der Waals surface area contributed by atoms with Crippen molar-refractivity contribution in [2.75, 3.05) is 24.9 Å². The summed E-state index contributed by atoms with van der Waals surface area (Å²) in [5.41, 5.74) is 2.53. The molecule has 9 heteroatoms. The Morgan fingerprint density at radius 2 is 1.93 bits per heavy atom. The number of nitrogens with zero attached hydrogens (tertiary/aromatic N) is 3. The van der Waals surface area contributed by atoms with E-state index in [1.165, 1.54) is 6.33 Å². The minimum atomic E-state index is -0.536. The van der Waals surface area contributed by atoms with Gasteiger partial charge in [0.1, 0.15) is 23.9 Å². The quantitative estimate of drug-likeness (QED) is 0.587. The minimum Gasteiger partial charge on any atom is -0.496 e. The zero-order chi connectivity index (χ0) is 21.3. The number of allylic oxidation sites excluding steroid dienone is 1. The van der Waals surface area contributed by atoms with E-state index < -0.39 is 6.04 Å². The van der Waals surface area contributed by atoms with Crippen LogP contribution in [0.15, 0.2) is 64.5 Å². The van der Waals surface area contributed by atoms with Gasteiger partial charge in [0.25, 0.3) is 5.91 Å². The van der Waals surface area contributed by atoms with Crippen LogP contribution in [0, 0.1) is 0 Å². The third-order valence-corrected chi connectivity index (χ3v) is 5.37. The molecule has 0 spiro atoms. The normalized spacial score (nSPS) is 15.3. The standard InChI is InChI=1S/C21H20BrN5O3/c1-12-18(20(28)26-15-6-4-5-7-17(15)30-3)19(27-21(25-12)23-11-24-27)14-10-13(22)8-9-16(14)29-2/h4-11,19H,1-3H3,(H,26,28)(H,23,24,25)/t19-/m1/s1. The van der Waals surface area contributed by atoms with E-state index in [4.69, 9.17) is 9.47 Å². The van der Waals surface area contributed by atoms with Crippen LogP contribution in [-0.4, -0.2) is 34.9 Å². The summed E-state index contributed by atoms with van der Waals surface area (Å²) in [6.45, 7) is 1.84. The van der Waals surface area contributed by atoms with Gasteiger partial charge in [0, 0.05) is 15.7 Å². The second kappa shape index (κ2) is 8.19. The average molecular weight is 470 g/mol. The highest BCUT2D eigenvalue weighted by atomic mass is 79.9. The maximum atomic E-state index is 13.5. The van der Waals surface area contributed by atoms with Crippen LogP contribution in [0.4, 0.5) is 11.6 Å². The Bertz CT molecular complexity index is 1140. The van der Waals surface area contributed by atoms with Gasteiger partial charge < -0.3 is 20.1 Å². The number of carbonyl (C=O) groups is 1. The van der Waals surface area contributed by atoms with Crippen molar-refractivity contribution in [3.63, 3.8) is 0 Å². The molecule has 0 bridgehead atoms. The fraction of sp³-hybridized carbons (Fsp3) is 0.190. The summed E-state index contributed by atoms with van der Waals surface area (Å²) in [4.78, 5) is 17.7. The third kappa shape index (κ3) is 3.52. The van der Waals surface area contributed by atoms with E-state index in [0.29, 0.717) is 34.4 Å². The predicted molar refractivity (Wildman–Crippen MR) is 117 cm³/mol. The van der Waals surface area contributed by atoms with Crippen molar-refractivity contribution in [2.24, 2.45) is 0 Å². The van der Waals surface area contributed by atoms with Gasteiger partial charge in [-0.1, -0.05) is 28.1 Å². The average Bonchev–Trinajstić information content (AvgIpc) is 3.21. The molecular formula is C21H20BrN5O3. The van der Waals surface area contributed by atoms with Crippen LogP contribution in [0.25, 0.3) is 0 Å². The first kappa shape index (κ1) is 20.0. The molecule has 0 saturated carbocycles. The number of carbonyl (C=O) groups excluding carboxylic acids is 1. The number of para-hydroxylation sites is 2. The lowest BCUT2D eigenvalue weighted by molar-refractivity contribution is -0.113. The lowest BCUT2D eigenvalue weighted by Gasteiger charge is -2.29. The first-order valence-electron chi connectivity index (χ1n) is 9.18. The molecular weight excluding hydrogens is 450 g/mol. The molecule has 0 fully saturated rings. The van der Waals surface area contributed by atoms with E-state index in [2.05, 4.69) is 36.6 Å². The summed E-state index contributed by atoms with van der Waals surface area (Å²) in [6, 6.07) is 12.4. The molecule has 3 aromatic rings. The zero-order valence-electron chi connectivity index (χ0n) is 16.6. The molecule has 0 saturated heterocycles. The summed E-state index contributed by atoms with van der Waals surface area (Å²) in [5.74, 6) is 1.49. The number of fused-ring (bicyclic) bond motifs is 1. The smallest absolute Gasteiger partial charge is 0.255 e. The zero-order valence-corrected chi connectivity index (χ0v) is 18.2. The molecule has 8 nitrogen and oxygen atoms in total. The number of ether oxygens (including phenoxy) is 2. The first-order chi connectivity index (χ1) is 14.5. The SMILES string of the molecule is COc1ccccc1NC(=O)C1=C(C)Nc2ncnn2[C@@H]1c1cc(Br)ccc1OC. The Kier molecular flexibility index (Phi) is 5.45. The number of aromatic nitrogens is 3. The molecule has 2 N–H and O–H groups in total. The lowest BCUT2D eigenvalue weighted by atomic mass is 9.94. The minimum absolute atomic E-state index is 0.280. The second-order valence-corrected chi connectivity index (χ2v) is 7.55. The van der Waals surface area contributed by atoms with Crippen LogP contribution >= 0.6 is 15.9 Å². The van der Waals surface area contributed by atoms with E-state index in [1.54, 1.807) is 31.0 Å². The molecule has 1 atom stereocenters. The number of nitrogens with one attached hydrogen (secondary N) is 2. The van der Waals surface area contributed by atoms with Crippen molar-refractivity contribution >= 4 is 33.5 Å². The topological polar surface area (TPSA) is 90.3 Å². The van der Waals surface area contributed by atoms with Gasteiger partial charge in [-0.15, -0.1) is 0 Å². The van der Waals surface area contributed by atoms with Gasteiger partial charge in [0.15, 0.2) is 0 Å². The summed E-state index contributed by atoms with van der Waals surface area (Å²) in [7, 11) is 3.16. The number of hydrogen-bond donors (Lipinski definition) is 2. The van der Waals surface area contributed by atoms with Gasteiger partial charge >= 0.3 is 0 Å². The first-order valence-corrected chi connectivity index (χ1v) is 9.98. The lowest BCUT2D eigenvalue weighted by Crippen LogP contribution is -2.31. The summed E-state index contributed by atoms with van der Waals surface area (Å²) in [5, 5.41) is 10.5. The summed E-state index contributed by atoms with van der Waals surface area (Å²) in [6.07, 6.45) is 1.45. The molecule has 1 aliphatic heterocycles. The summed E-state index contributed by atoms with van der Waals surface area (Å²) < 4.78 is 13.5. The molecule has 1 amide bonds. The highest BCUT2D eigenvalue weighted by molar-refractivity contribution is 9.10. The molecule has 0 radical (unpaired) electrons. The Morgan fingerprint density at radius 3 is 2.70 bits per heavy atom. The number of amides is 1. The Morgan fingerprint density at radius 1 is 1.17 bits per heavy atom. The van der Waals surface area contributed by atoms with Crippen LogP contribution in [0.3, 0.4) is 0 Å². The third-order valence-electron chi connectivity index (χ3n) is 4.88. The van der Waals surface area contributed by atoms with Crippen LogP contribution < -0.4 is 20.1 Å². The number of benzene rings is 2. The van der Waals surface area contributed by atoms with E-state index in [1.807, 2.05) is 37.3 Å². The van der Waals surface area contributed by atoms with Crippen LogP contribution in [-0.2, 0) is 4.79 Å². The van der Waals surface area contributed by atoms with Gasteiger partial charge in [0.05, 0.1) is 25.5 Å². The van der Waals surface area contributed by atoms with Gasteiger partial charge in [-0.3, -0.25) is 4.79 Å². The van der Waals surface area contributed by atoms with E-state index >= 15 is 0 Å². The number of anilines is 2. The van der Waals surface area contributed by atoms with Gasteiger partial charge in [0.2, 0.25) is 5.95 Å². The molecule has 4 rings (SSSR count). The number of methoxy groups -OCH3 is 2. The fourth-order valence-corrected chi connectivity index (χ4v) is 3.91. The fourth-order valence-electron chi connectivity index (χ4n) is 3.53. The van der Waals surface area contributed by atoms with Crippen molar-refractivity contribution in [2.45, 2.75) is 13.0 Å². The van der Waals surface area contributed by atoms with Gasteiger partial charge in [-0.2, -0.15) is 10.1 Å². The molecule has 0 aliphatic carbocycles. The monoisotopic (exact) mass is 469 g/mol. The molecule has 1 aliphatic rings. The van der Waals surface area contributed by atoms with Crippen molar-refractivity contribution < 1.29 is 14.3 Å². The highest BCUT2D eigenvalue weighted by Crippen LogP contribution is 2.40. The van der Waals surface area contributed by atoms with Crippen molar-refractivity contribution in [1.82, 2.24) is 14.8 Å². The summed E-state index contributed by atoms with van der Waals surface area (Å²) >= 11 is 3.52. The maximum Gasteiger partial charge on any atom is 0.255 e. The van der Waals surface area contributed by atoms with Gasteiger partial charge in [-0.05, 0) is 37.3 Å². The van der Waals surface area contributed by atoms with Crippen molar-refractivity contribution in [1.29, 1.82) is 0 Å². The van der Waals surface area contributed by atoms with E-state index in [-0.39, 0.29) is 5.91 Å². The molecule has 2 aromatic carbocycles. The van der Waals surface area contributed by atoms with E-state index in [9.17, 15) is 4.79 Å². The Hall–Kier alpha value is -3.33. The van der Waals surface area contributed by atoms with Crippen LogP contribution in [0.1, 0.15) is 18.5 Å². The number of halogens is 1. The van der Waals surface area contributed by atoms with Crippen molar-refractivity contribution in [3.8, 4) is 11.5 Å².